The first-order valence-corrected chi connectivity index (χ1v) is 11.3. The molecule has 0 aromatic rings. The van der Waals surface area contributed by atoms with Gasteiger partial charge in [0.05, 0.1) is 4.08 Å². The maximum absolute atomic E-state index is 2.49. The van der Waals surface area contributed by atoms with E-state index in [-0.39, 0.29) is 0 Å². The summed E-state index contributed by atoms with van der Waals surface area (Å²) in [5.74, 6) is 5.49. The summed E-state index contributed by atoms with van der Waals surface area (Å²) >= 11 is 8.87. The van der Waals surface area contributed by atoms with Crippen molar-refractivity contribution in [1.82, 2.24) is 0 Å². The van der Waals surface area contributed by atoms with Crippen LogP contribution in [0.4, 0.5) is 0 Å². The van der Waals surface area contributed by atoms with Crippen LogP contribution in [0.15, 0.2) is 0 Å². The van der Waals surface area contributed by atoms with Crippen LogP contribution >= 0.6 is 47.0 Å². The number of rotatable bonds is 1. The van der Waals surface area contributed by atoms with Crippen LogP contribution in [0.25, 0.3) is 0 Å². The molecule has 2 aliphatic rings. The van der Waals surface area contributed by atoms with Gasteiger partial charge in [-0.2, -0.15) is 23.5 Å². The van der Waals surface area contributed by atoms with Crippen LogP contribution in [0.5, 0.6) is 0 Å². The third kappa shape index (κ3) is 5.06. The molecule has 0 N–H and O–H groups in total. The van der Waals surface area contributed by atoms with Crippen molar-refractivity contribution in [3.63, 3.8) is 0 Å². The van der Waals surface area contributed by atoms with Gasteiger partial charge in [-0.15, -0.1) is 23.5 Å². The molecule has 2 rings (SSSR count). The lowest BCUT2D eigenvalue weighted by atomic mass is 10.2. The molecule has 0 bridgehead atoms. The van der Waals surface area contributed by atoms with Gasteiger partial charge < -0.3 is 0 Å². The summed E-state index contributed by atoms with van der Waals surface area (Å²) in [7, 11) is 0. The molecule has 2 saturated heterocycles. The van der Waals surface area contributed by atoms with E-state index in [1.165, 1.54) is 55.1 Å². The van der Waals surface area contributed by atoms with Crippen molar-refractivity contribution in [1.29, 1.82) is 0 Å². The number of fused-ring (bicyclic) bond motifs is 1. The predicted octanol–water partition coefficient (Wildman–Crippen LogP) is 5.37. The molecule has 0 saturated carbocycles. The molecule has 0 amide bonds. The Balaban J connectivity index is 1.80. The van der Waals surface area contributed by atoms with E-state index in [0.29, 0.717) is 4.08 Å². The van der Waals surface area contributed by atoms with Crippen LogP contribution in [0.2, 0.25) is 0 Å². The van der Waals surface area contributed by atoms with Crippen molar-refractivity contribution in [2.75, 3.05) is 23.0 Å². The zero-order chi connectivity index (χ0) is 12.8. The fourth-order valence-electron chi connectivity index (χ4n) is 2.42. The Labute approximate surface area is 130 Å². The summed E-state index contributed by atoms with van der Waals surface area (Å²) in [6.07, 6.45) is 7.11. The molecule has 0 aliphatic carbocycles. The van der Waals surface area contributed by atoms with Crippen LogP contribution in [-0.2, 0) is 0 Å². The van der Waals surface area contributed by atoms with Crippen molar-refractivity contribution in [3.8, 4) is 0 Å². The standard InChI is InChI=1S/C14H26S4/c1-3-12-7-9-16-11-10-15-8-5-4-6-13-14(2,17-12)18-13/h12-13H,3-11H2,1-2H3. The summed E-state index contributed by atoms with van der Waals surface area (Å²) in [6.45, 7) is 4.86. The van der Waals surface area contributed by atoms with Gasteiger partial charge in [0.2, 0.25) is 0 Å². The molecular weight excluding hydrogens is 296 g/mol. The van der Waals surface area contributed by atoms with Crippen LogP contribution in [0.1, 0.15) is 46.0 Å². The Bertz CT molecular complexity index is 246. The van der Waals surface area contributed by atoms with Crippen molar-refractivity contribution in [3.05, 3.63) is 0 Å². The van der Waals surface area contributed by atoms with Crippen LogP contribution in [0.3, 0.4) is 0 Å². The van der Waals surface area contributed by atoms with Gasteiger partial charge in [-0.05, 0) is 44.1 Å². The molecule has 2 aliphatic heterocycles. The van der Waals surface area contributed by atoms with Gasteiger partial charge in [0.15, 0.2) is 0 Å². The third-order valence-electron chi connectivity index (χ3n) is 3.72. The summed E-state index contributed by atoms with van der Waals surface area (Å²) in [5, 5.41) is 1.85. The lowest BCUT2D eigenvalue weighted by Gasteiger charge is -2.19. The SMILES string of the molecule is CCC1CCSCCSCCCCC2SC2(C)S1. The fraction of sp³-hybridized carbons (Fsp3) is 1.00. The first kappa shape index (κ1) is 15.8. The predicted molar refractivity (Wildman–Crippen MR) is 94.6 cm³/mol. The van der Waals surface area contributed by atoms with Crippen molar-refractivity contribution in [2.24, 2.45) is 0 Å². The van der Waals surface area contributed by atoms with E-state index in [1.54, 1.807) is 0 Å². The lowest BCUT2D eigenvalue weighted by Crippen LogP contribution is -2.13. The molecule has 106 valence electrons. The number of hydrogen-bond donors (Lipinski definition) is 0. The fourth-order valence-corrected chi connectivity index (χ4v) is 8.16. The highest BCUT2D eigenvalue weighted by Crippen LogP contribution is 2.64. The molecule has 3 unspecified atom stereocenters. The Morgan fingerprint density at radius 2 is 1.72 bits per heavy atom. The molecular formula is C14H26S4. The van der Waals surface area contributed by atoms with Gasteiger partial charge in [0.25, 0.3) is 0 Å². The zero-order valence-corrected chi connectivity index (χ0v) is 14.9. The second-order valence-electron chi connectivity index (χ2n) is 5.28. The molecule has 4 heteroatoms. The highest BCUT2D eigenvalue weighted by molar-refractivity contribution is 8.25. The minimum atomic E-state index is 0.572. The Morgan fingerprint density at radius 1 is 0.944 bits per heavy atom. The number of hydrogen-bond acceptors (Lipinski definition) is 4. The normalized spacial score (nSPS) is 39.7. The molecule has 0 nitrogen and oxygen atoms in total. The number of thioether (sulfide) groups is 4. The second kappa shape index (κ2) is 7.99. The van der Waals surface area contributed by atoms with Crippen molar-refractivity contribution in [2.45, 2.75) is 60.5 Å². The van der Waals surface area contributed by atoms with Gasteiger partial charge in [-0.25, -0.2) is 0 Å². The van der Waals surface area contributed by atoms with Gasteiger partial charge in [0.1, 0.15) is 0 Å². The lowest BCUT2D eigenvalue weighted by molar-refractivity contribution is 0.703. The molecule has 0 aromatic heterocycles. The average Bonchev–Trinajstić information content (AvgIpc) is 3.00. The minimum Gasteiger partial charge on any atom is -0.161 e. The van der Waals surface area contributed by atoms with E-state index >= 15 is 0 Å². The highest BCUT2D eigenvalue weighted by Gasteiger charge is 2.52. The molecule has 18 heavy (non-hydrogen) atoms. The monoisotopic (exact) mass is 322 g/mol. The summed E-state index contributed by atoms with van der Waals surface area (Å²) in [4.78, 5) is 0. The maximum atomic E-state index is 2.49. The molecule has 2 heterocycles. The van der Waals surface area contributed by atoms with E-state index in [1.807, 2.05) is 0 Å². The Hall–Kier alpha value is 1.40. The minimum absolute atomic E-state index is 0.572. The Kier molecular flexibility index (Phi) is 7.01. The quantitative estimate of drug-likeness (QED) is 0.595. The van der Waals surface area contributed by atoms with E-state index in [4.69, 9.17) is 0 Å². The van der Waals surface area contributed by atoms with Crippen LogP contribution in [0, 0.1) is 0 Å². The van der Waals surface area contributed by atoms with Gasteiger partial charge >= 0.3 is 0 Å². The van der Waals surface area contributed by atoms with Gasteiger partial charge in [-0.1, -0.05) is 13.3 Å². The van der Waals surface area contributed by atoms with E-state index < -0.39 is 0 Å². The van der Waals surface area contributed by atoms with Gasteiger partial charge in [-0.3, -0.25) is 0 Å². The first-order valence-electron chi connectivity index (χ1n) is 7.25. The summed E-state index contributed by atoms with van der Waals surface area (Å²) in [5.41, 5.74) is 0. The van der Waals surface area contributed by atoms with Crippen molar-refractivity contribution >= 4 is 47.0 Å². The van der Waals surface area contributed by atoms with E-state index in [9.17, 15) is 0 Å². The average molecular weight is 323 g/mol. The molecule has 3 atom stereocenters. The summed E-state index contributed by atoms with van der Waals surface area (Å²) < 4.78 is 0.572. The topological polar surface area (TPSA) is 0 Å². The van der Waals surface area contributed by atoms with Crippen LogP contribution < -0.4 is 0 Å². The molecule has 0 spiro atoms. The third-order valence-corrected chi connectivity index (χ3v) is 9.94. The molecule has 0 radical (unpaired) electrons. The zero-order valence-electron chi connectivity index (χ0n) is 11.7. The molecule has 0 aromatic carbocycles. The van der Waals surface area contributed by atoms with Crippen molar-refractivity contribution < 1.29 is 0 Å². The second-order valence-corrected chi connectivity index (χ2v) is 11.4. The van der Waals surface area contributed by atoms with E-state index in [0.717, 1.165) is 10.5 Å². The van der Waals surface area contributed by atoms with Crippen LogP contribution in [-0.4, -0.2) is 37.6 Å². The van der Waals surface area contributed by atoms with Gasteiger partial charge in [0, 0.05) is 22.0 Å². The van der Waals surface area contributed by atoms with E-state index in [2.05, 4.69) is 60.9 Å². The molecule has 2 fully saturated rings. The largest absolute Gasteiger partial charge is 0.161 e. The maximum Gasteiger partial charge on any atom is 0.0707 e. The Morgan fingerprint density at radius 3 is 2.50 bits per heavy atom. The first-order chi connectivity index (χ1) is 8.74. The summed E-state index contributed by atoms with van der Waals surface area (Å²) in [6, 6.07) is 0. The smallest absolute Gasteiger partial charge is 0.0707 e. The highest BCUT2D eigenvalue weighted by atomic mass is 32.2.